The number of carbonyl (C=O) groups excluding carboxylic acids is 6. The fraction of sp³-hybridized carbons (Fsp3) is 0.571. The summed E-state index contributed by atoms with van der Waals surface area (Å²) < 4.78 is 42.2. The lowest BCUT2D eigenvalue weighted by Crippen LogP contribution is -2.71. The number of nitrogens with zero attached hydrogens (tertiary/aromatic N) is 2. The maximum absolute atomic E-state index is 14.1. The normalized spacial score (nSPS) is 30.6. The van der Waals surface area contributed by atoms with E-state index in [9.17, 15) is 57.3 Å². The average Bonchev–Trinajstić information content (AvgIpc) is 3.65. The molecule has 1 aromatic carbocycles. The van der Waals surface area contributed by atoms with E-state index in [0.29, 0.717) is 12.0 Å². The number of fused-ring (bicyclic) bond motifs is 2. The van der Waals surface area contributed by atoms with Crippen molar-refractivity contribution in [1.82, 2.24) is 36.4 Å². The summed E-state index contributed by atoms with van der Waals surface area (Å²) in [6.45, 7) is -0.876. The van der Waals surface area contributed by atoms with Gasteiger partial charge >= 0.3 is 6.18 Å². The summed E-state index contributed by atoms with van der Waals surface area (Å²) in [5, 5.41) is 40.1. The summed E-state index contributed by atoms with van der Waals surface area (Å²) in [5.41, 5.74) is 0.293. The van der Waals surface area contributed by atoms with E-state index in [1.807, 2.05) is 0 Å². The van der Waals surface area contributed by atoms with E-state index >= 15 is 0 Å². The molecule has 19 heteroatoms. The van der Waals surface area contributed by atoms with Gasteiger partial charge in [0.1, 0.15) is 29.9 Å². The highest BCUT2D eigenvalue weighted by Gasteiger charge is 2.56. The number of halogens is 3. The van der Waals surface area contributed by atoms with Crippen molar-refractivity contribution in [3.8, 4) is 5.75 Å². The molecule has 0 bridgehead atoms. The third-order valence-electron chi connectivity index (χ3n) is 8.14. The van der Waals surface area contributed by atoms with Crippen molar-refractivity contribution in [2.75, 3.05) is 26.2 Å². The average molecular weight is 672 g/mol. The van der Waals surface area contributed by atoms with Crippen LogP contribution in [0.25, 0.3) is 0 Å². The molecule has 258 valence electrons. The molecule has 3 saturated heterocycles. The van der Waals surface area contributed by atoms with E-state index in [0.717, 1.165) is 9.80 Å². The van der Waals surface area contributed by atoms with Gasteiger partial charge in [0.05, 0.1) is 19.2 Å². The Labute approximate surface area is 266 Å². The molecule has 3 aliphatic rings. The predicted molar refractivity (Wildman–Crippen MR) is 152 cm³/mol. The van der Waals surface area contributed by atoms with Crippen molar-refractivity contribution in [3.05, 3.63) is 29.8 Å². The van der Waals surface area contributed by atoms with Crippen molar-refractivity contribution >= 4 is 35.4 Å². The highest BCUT2D eigenvalue weighted by molar-refractivity contribution is 5.96. The topological polar surface area (TPSA) is 230 Å². The number of aliphatic hydroxyl groups excluding tert-OH is 1. The molecule has 4 rings (SSSR count). The molecule has 3 heterocycles. The van der Waals surface area contributed by atoms with Gasteiger partial charge in [0, 0.05) is 25.9 Å². The largest absolute Gasteiger partial charge is 0.508 e. The van der Waals surface area contributed by atoms with E-state index in [-0.39, 0.29) is 31.7 Å². The van der Waals surface area contributed by atoms with Gasteiger partial charge in [0.2, 0.25) is 35.4 Å². The predicted octanol–water partition coefficient (Wildman–Crippen LogP) is -3.08. The molecular weight excluding hydrogens is 635 g/mol. The molecular formula is C28H36F3N7O9. The number of amides is 6. The third-order valence-corrected chi connectivity index (χ3v) is 8.14. The fourth-order valence-corrected chi connectivity index (χ4v) is 5.63. The summed E-state index contributed by atoms with van der Waals surface area (Å²) in [6, 6.07) is -0.350. The van der Waals surface area contributed by atoms with E-state index in [2.05, 4.69) is 16.0 Å². The number of rotatable bonds is 2. The van der Waals surface area contributed by atoms with E-state index in [1.54, 1.807) is 0 Å². The fourth-order valence-electron chi connectivity index (χ4n) is 5.63. The molecule has 0 radical (unpaired) electrons. The molecule has 0 spiro atoms. The first-order valence-corrected chi connectivity index (χ1v) is 14.8. The second-order valence-corrected chi connectivity index (χ2v) is 11.6. The lowest BCUT2D eigenvalue weighted by Gasteiger charge is -2.34. The summed E-state index contributed by atoms with van der Waals surface area (Å²) >= 11 is 0. The molecule has 16 nitrogen and oxygen atoms in total. The molecule has 3 aliphatic heterocycles. The first-order valence-electron chi connectivity index (χ1n) is 14.8. The number of aromatic hydroxyl groups is 1. The molecule has 6 amide bonds. The van der Waals surface area contributed by atoms with Crippen molar-refractivity contribution in [3.63, 3.8) is 0 Å². The summed E-state index contributed by atoms with van der Waals surface area (Å²) in [7, 11) is 0. The van der Waals surface area contributed by atoms with E-state index in [1.165, 1.54) is 41.8 Å². The zero-order valence-electron chi connectivity index (χ0n) is 25.2. The number of nitrogens with one attached hydrogen (secondary N) is 5. The van der Waals surface area contributed by atoms with Crippen LogP contribution in [0.1, 0.15) is 31.7 Å². The molecule has 6 atom stereocenters. The van der Waals surface area contributed by atoms with Gasteiger partial charge < -0.3 is 46.4 Å². The van der Waals surface area contributed by atoms with Crippen molar-refractivity contribution in [2.45, 2.75) is 74.9 Å². The van der Waals surface area contributed by atoms with Crippen LogP contribution in [0.2, 0.25) is 0 Å². The number of hydrogen-bond acceptors (Lipinski definition) is 10. The van der Waals surface area contributed by atoms with Crippen LogP contribution < -0.4 is 26.6 Å². The van der Waals surface area contributed by atoms with Crippen LogP contribution >= 0.6 is 0 Å². The van der Waals surface area contributed by atoms with Crippen LogP contribution in [0.4, 0.5) is 13.2 Å². The van der Waals surface area contributed by atoms with Gasteiger partial charge in [-0.3, -0.25) is 34.1 Å². The van der Waals surface area contributed by atoms with Crippen LogP contribution in [-0.2, 0) is 35.2 Å². The summed E-state index contributed by atoms with van der Waals surface area (Å²) in [4.78, 5) is 80.8. The minimum atomic E-state index is -5.59. The Balaban J connectivity index is 1.69. The minimum Gasteiger partial charge on any atom is -0.508 e. The van der Waals surface area contributed by atoms with Crippen molar-refractivity contribution in [1.29, 1.82) is 0 Å². The third kappa shape index (κ3) is 8.27. The lowest BCUT2D eigenvalue weighted by atomic mass is 10.0. The van der Waals surface area contributed by atoms with E-state index in [4.69, 9.17) is 0 Å². The smallest absolute Gasteiger partial charge is 0.452 e. The number of phenols is 1. The molecule has 8 N–H and O–H groups in total. The van der Waals surface area contributed by atoms with Crippen LogP contribution in [-0.4, -0.2) is 129 Å². The Morgan fingerprint density at radius 2 is 1.62 bits per heavy atom. The zero-order chi connectivity index (χ0) is 34.7. The SMILES string of the molecule is CC1NC(=O)CN[C@](O)(C(F)(F)F)NC(=O)[C@H](Cc2ccc(O)cc2)NC(=O)[C@@H]2CCCN2C(=O)[C@@H]2C[C@H](O)CN2C(=O)CNC1=O. The van der Waals surface area contributed by atoms with Crippen LogP contribution in [0.5, 0.6) is 5.75 Å². The quantitative estimate of drug-likeness (QED) is 0.158. The van der Waals surface area contributed by atoms with Crippen molar-refractivity contribution in [2.24, 2.45) is 0 Å². The lowest BCUT2D eigenvalue weighted by molar-refractivity contribution is -0.283. The van der Waals surface area contributed by atoms with Gasteiger partial charge in [-0.2, -0.15) is 13.2 Å². The van der Waals surface area contributed by atoms with Gasteiger partial charge in [-0.15, -0.1) is 0 Å². The minimum absolute atomic E-state index is 0.0616. The van der Waals surface area contributed by atoms with Crippen LogP contribution in [0.3, 0.4) is 0 Å². The number of phenolic OH excluding ortho intramolecular Hbond substituents is 1. The van der Waals surface area contributed by atoms with Crippen LogP contribution in [0, 0.1) is 0 Å². The second-order valence-electron chi connectivity index (χ2n) is 11.6. The van der Waals surface area contributed by atoms with Gasteiger partial charge in [-0.05, 0) is 37.5 Å². The van der Waals surface area contributed by atoms with Crippen molar-refractivity contribution < 1.29 is 57.3 Å². The molecule has 0 saturated carbocycles. The number of aliphatic hydroxyl groups is 2. The highest BCUT2D eigenvalue weighted by atomic mass is 19.4. The molecule has 0 aliphatic carbocycles. The Kier molecular flexibility index (Phi) is 10.6. The molecule has 0 aromatic heterocycles. The monoisotopic (exact) mass is 671 g/mol. The summed E-state index contributed by atoms with van der Waals surface area (Å²) in [6.07, 6.45) is -6.83. The van der Waals surface area contributed by atoms with E-state index < -0.39 is 97.2 Å². The van der Waals surface area contributed by atoms with Gasteiger partial charge in [-0.1, -0.05) is 12.1 Å². The van der Waals surface area contributed by atoms with Crippen LogP contribution in [0.15, 0.2) is 24.3 Å². The maximum atomic E-state index is 14.1. The second kappa shape index (κ2) is 14.1. The Morgan fingerprint density at radius 3 is 2.28 bits per heavy atom. The number of carbonyl (C=O) groups is 6. The van der Waals surface area contributed by atoms with Gasteiger partial charge in [0.15, 0.2) is 0 Å². The number of alkyl halides is 3. The number of benzene rings is 1. The molecule has 1 unspecified atom stereocenters. The summed E-state index contributed by atoms with van der Waals surface area (Å²) in [5.74, 6) is -10.3. The first kappa shape index (κ1) is 35.4. The highest BCUT2D eigenvalue weighted by Crippen LogP contribution is 2.28. The Hall–Kier alpha value is -4.49. The standard InChI is InChI=1S/C28H36F3N7O9/c1-14-23(43)32-12-22(42)38-13-17(40)10-20(38)26(46)37-8-2-3-19(37)25(45)35-18(9-15-4-6-16(39)7-5-15)24(44)36-28(47,27(29,30)31)33-11-21(41)34-14/h4-7,14,17-20,33,39-40,47H,2-3,8-13H2,1H3,(H,32,43)(H,34,41)(H,35,45)(H,36,44)/t14?,17-,18-,19-,20-,28+/m0/s1. The first-order chi connectivity index (χ1) is 22.0. The molecule has 3 fully saturated rings. The number of hydrogen-bond donors (Lipinski definition) is 8. The van der Waals surface area contributed by atoms with Gasteiger partial charge in [-0.25, -0.2) is 0 Å². The maximum Gasteiger partial charge on any atom is 0.452 e. The molecule has 47 heavy (non-hydrogen) atoms. The van der Waals surface area contributed by atoms with Gasteiger partial charge in [0.25, 0.3) is 5.85 Å². The Morgan fingerprint density at radius 1 is 0.936 bits per heavy atom. The Bertz CT molecular complexity index is 1400. The zero-order valence-corrected chi connectivity index (χ0v) is 25.2. The molecule has 1 aromatic rings.